The molecule has 1 heterocycles. The van der Waals surface area contributed by atoms with Crippen molar-refractivity contribution in [3.63, 3.8) is 0 Å². The molecule has 0 saturated carbocycles. The Kier molecular flexibility index (Phi) is 7.40. The van der Waals surface area contributed by atoms with E-state index in [9.17, 15) is 13.2 Å². The molecule has 35 heavy (non-hydrogen) atoms. The number of halogens is 3. The van der Waals surface area contributed by atoms with E-state index in [0.29, 0.717) is 38.0 Å². The van der Waals surface area contributed by atoms with Gasteiger partial charge >= 0.3 is 6.18 Å². The Balaban J connectivity index is 1.35. The maximum atomic E-state index is 13.8. The van der Waals surface area contributed by atoms with E-state index in [1.54, 1.807) is 6.07 Å². The van der Waals surface area contributed by atoms with Crippen molar-refractivity contribution in [2.45, 2.75) is 57.0 Å². The van der Waals surface area contributed by atoms with Crippen LogP contribution in [0.2, 0.25) is 0 Å². The van der Waals surface area contributed by atoms with Gasteiger partial charge in [0.25, 0.3) is 0 Å². The van der Waals surface area contributed by atoms with Crippen molar-refractivity contribution in [1.29, 1.82) is 0 Å². The van der Waals surface area contributed by atoms with Crippen LogP contribution in [-0.4, -0.2) is 31.1 Å². The van der Waals surface area contributed by atoms with Gasteiger partial charge < -0.3 is 19.9 Å². The lowest BCUT2D eigenvalue weighted by atomic mass is 9.92. The number of hydrogen-bond donors (Lipinski definition) is 1. The molecule has 0 spiro atoms. The van der Waals surface area contributed by atoms with Crippen LogP contribution in [0.25, 0.3) is 10.8 Å². The van der Waals surface area contributed by atoms with Crippen molar-refractivity contribution in [2.75, 3.05) is 19.8 Å². The Hall–Kier alpha value is -2.61. The first kappa shape index (κ1) is 25.5. The number of ether oxygens (including phenoxy) is 3. The summed E-state index contributed by atoms with van der Waals surface area (Å²) in [7, 11) is 0. The molecule has 3 aromatic carbocycles. The summed E-state index contributed by atoms with van der Waals surface area (Å²) in [6, 6.07) is 18.5. The predicted octanol–water partition coefficient (Wildman–Crippen LogP) is 6.28. The van der Waals surface area contributed by atoms with E-state index in [2.05, 4.69) is 18.2 Å². The van der Waals surface area contributed by atoms with E-state index in [4.69, 9.17) is 19.9 Å². The van der Waals surface area contributed by atoms with Crippen molar-refractivity contribution in [1.82, 2.24) is 0 Å². The molecule has 4 nitrogen and oxygen atoms in total. The van der Waals surface area contributed by atoms with Crippen molar-refractivity contribution >= 4 is 10.8 Å². The lowest BCUT2D eigenvalue weighted by Gasteiger charge is -2.41. The van der Waals surface area contributed by atoms with Gasteiger partial charge in [0.2, 0.25) is 0 Å². The fraction of sp³-hybridized carbons (Fsp3) is 0.429. The summed E-state index contributed by atoms with van der Waals surface area (Å²) < 4.78 is 58.1. The van der Waals surface area contributed by atoms with Gasteiger partial charge in [-0.05, 0) is 73.6 Å². The lowest BCUT2D eigenvalue weighted by Crippen LogP contribution is -2.57. The van der Waals surface area contributed by atoms with E-state index in [-0.39, 0.29) is 12.4 Å². The topological polar surface area (TPSA) is 53.7 Å². The van der Waals surface area contributed by atoms with Crippen LogP contribution in [0.3, 0.4) is 0 Å². The monoisotopic (exact) mass is 487 g/mol. The Morgan fingerprint density at radius 3 is 2.26 bits per heavy atom. The Morgan fingerprint density at radius 1 is 0.886 bits per heavy atom. The Bertz CT molecular complexity index is 1150. The molecule has 188 valence electrons. The maximum Gasteiger partial charge on any atom is 0.419 e. The average Bonchev–Trinajstić information content (AvgIpc) is 2.82. The predicted molar refractivity (Wildman–Crippen MR) is 130 cm³/mol. The van der Waals surface area contributed by atoms with Crippen molar-refractivity contribution in [2.24, 2.45) is 5.73 Å². The Morgan fingerprint density at radius 2 is 1.54 bits per heavy atom. The van der Waals surface area contributed by atoms with Crippen molar-refractivity contribution in [3.8, 4) is 5.75 Å². The SMILES string of the molecule is CC1(C)OCC(N)(CCc2ccc(OCCCc3ccc4ccccc4c3)c(C(F)(F)F)c2)CO1. The summed E-state index contributed by atoms with van der Waals surface area (Å²) in [5, 5.41) is 2.31. The molecule has 0 unspecified atom stereocenters. The standard InChI is InChI=1S/C28H32F3NO3/c1-26(2)34-18-27(32,19-35-26)14-13-21-10-12-25(24(17-21)28(29,30)31)33-15-5-6-20-9-11-22-7-3-4-8-23(22)16-20/h3-4,7-12,16-17H,5-6,13-15,18-19,32H2,1-2H3. The lowest BCUT2D eigenvalue weighted by molar-refractivity contribution is -0.267. The second-order valence-corrected chi connectivity index (χ2v) is 9.80. The molecule has 1 saturated heterocycles. The van der Waals surface area contributed by atoms with E-state index in [1.165, 1.54) is 6.07 Å². The summed E-state index contributed by atoms with van der Waals surface area (Å²) in [5.41, 5.74) is 6.54. The summed E-state index contributed by atoms with van der Waals surface area (Å²) >= 11 is 0. The smallest absolute Gasteiger partial charge is 0.419 e. The van der Waals surface area contributed by atoms with E-state index >= 15 is 0 Å². The first-order valence-corrected chi connectivity index (χ1v) is 11.9. The van der Waals surface area contributed by atoms with Crippen LogP contribution in [0.4, 0.5) is 13.2 Å². The van der Waals surface area contributed by atoms with Crippen LogP contribution in [-0.2, 0) is 28.5 Å². The fourth-order valence-corrected chi connectivity index (χ4v) is 4.19. The molecule has 3 aromatic rings. The molecule has 0 aromatic heterocycles. The quantitative estimate of drug-likeness (QED) is 0.380. The highest BCUT2D eigenvalue weighted by Crippen LogP contribution is 2.37. The van der Waals surface area contributed by atoms with Gasteiger partial charge in [0, 0.05) is 0 Å². The molecule has 1 aliphatic heterocycles. The molecule has 0 aliphatic carbocycles. The minimum atomic E-state index is -4.51. The molecular formula is C28H32F3NO3. The van der Waals surface area contributed by atoms with E-state index in [1.807, 2.05) is 38.1 Å². The van der Waals surface area contributed by atoms with Gasteiger partial charge in [-0.15, -0.1) is 0 Å². The zero-order valence-corrected chi connectivity index (χ0v) is 20.2. The van der Waals surface area contributed by atoms with Gasteiger partial charge in [-0.1, -0.05) is 48.5 Å². The van der Waals surface area contributed by atoms with Gasteiger partial charge in [0.05, 0.1) is 30.9 Å². The number of aryl methyl sites for hydroxylation is 2. The number of alkyl halides is 3. The normalized spacial score (nSPS) is 17.4. The highest BCUT2D eigenvalue weighted by molar-refractivity contribution is 5.82. The molecule has 4 rings (SSSR count). The van der Waals surface area contributed by atoms with Crippen molar-refractivity contribution < 1.29 is 27.4 Å². The highest BCUT2D eigenvalue weighted by Gasteiger charge is 2.38. The first-order valence-electron chi connectivity index (χ1n) is 11.9. The average molecular weight is 488 g/mol. The summed E-state index contributed by atoms with van der Waals surface area (Å²) in [4.78, 5) is 0. The number of hydrogen-bond acceptors (Lipinski definition) is 4. The van der Waals surface area contributed by atoms with Gasteiger partial charge in [-0.25, -0.2) is 0 Å². The third-order valence-corrected chi connectivity index (χ3v) is 6.36. The third-order valence-electron chi connectivity index (χ3n) is 6.36. The van der Waals surface area contributed by atoms with Crippen LogP contribution < -0.4 is 10.5 Å². The fourth-order valence-electron chi connectivity index (χ4n) is 4.19. The minimum absolute atomic E-state index is 0.145. The zero-order valence-electron chi connectivity index (χ0n) is 20.2. The van der Waals surface area contributed by atoms with Gasteiger partial charge in [0.1, 0.15) is 5.75 Å². The van der Waals surface area contributed by atoms with Crippen molar-refractivity contribution in [3.05, 3.63) is 77.4 Å². The summed E-state index contributed by atoms with van der Waals surface area (Å²) in [5.74, 6) is -0.840. The summed E-state index contributed by atoms with van der Waals surface area (Å²) in [6.07, 6.45) is -2.33. The largest absolute Gasteiger partial charge is 0.493 e. The summed E-state index contributed by atoms with van der Waals surface area (Å²) in [6.45, 7) is 4.41. The molecule has 0 amide bonds. The van der Waals surface area contributed by atoms with Crippen LogP contribution in [0.15, 0.2) is 60.7 Å². The van der Waals surface area contributed by atoms with Gasteiger partial charge in [0.15, 0.2) is 5.79 Å². The number of fused-ring (bicyclic) bond motifs is 1. The molecule has 1 aliphatic rings. The van der Waals surface area contributed by atoms with Crippen LogP contribution in [0.5, 0.6) is 5.75 Å². The second kappa shape index (κ2) is 10.2. The number of nitrogens with two attached hydrogens (primary N) is 1. The number of benzene rings is 3. The van der Waals surface area contributed by atoms with Crippen LogP contribution in [0.1, 0.15) is 43.4 Å². The third kappa shape index (κ3) is 6.75. The first-order chi connectivity index (χ1) is 16.5. The van der Waals surface area contributed by atoms with Crippen LogP contribution in [0, 0.1) is 0 Å². The maximum absolute atomic E-state index is 13.8. The Labute approximate surface area is 204 Å². The molecule has 0 bridgehead atoms. The second-order valence-electron chi connectivity index (χ2n) is 9.80. The van der Waals surface area contributed by atoms with E-state index in [0.717, 1.165) is 28.8 Å². The molecule has 2 N–H and O–H groups in total. The van der Waals surface area contributed by atoms with E-state index < -0.39 is 23.1 Å². The minimum Gasteiger partial charge on any atom is -0.493 e. The number of rotatable bonds is 8. The highest BCUT2D eigenvalue weighted by atomic mass is 19.4. The van der Waals surface area contributed by atoms with Gasteiger partial charge in [-0.2, -0.15) is 13.2 Å². The molecule has 1 fully saturated rings. The molecular weight excluding hydrogens is 455 g/mol. The molecule has 0 atom stereocenters. The zero-order chi connectivity index (χ0) is 25.1. The van der Waals surface area contributed by atoms with Gasteiger partial charge in [-0.3, -0.25) is 0 Å². The molecule has 7 heteroatoms. The van der Waals surface area contributed by atoms with Crippen LogP contribution >= 0.6 is 0 Å². The molecule has 0 radical (unpaired) electrons.